The van der Waals surface area contributed by atoms with E-state index in [4.69, 9.17) is 11.6 Å². The Kier molecular flexibility index (Phi) is 6.33. The summed E-state index contributed by atoms with van der Waals surface area (Å²) >= 11 is 6.38. The molecule has 1 aliphatic carbocycles. The van der Waals surface area contributed by atoms with E-state index < -0.39 is 17.2 Å². The summed E-state index contributed by atoms with van der Waals surface area (Å²) in [4.78, 5) is 24.8. The molecular formula is C28H23ClFN3O3. The first-order valence-electron chi connectivity index (χ1n) is 11.6. The predicted molar refractivity (Wildman–Crippen MR) is 136 cm³/mol. The van der Waals surface area contributed by atoms with E-state index in [1.54, 1.807) is 6.07 Å². The summed E-state index contributed by atoms with van der Waals surface area (Å²) < 4.78 is 17.5. The molecule has 0 aliphatic heterocycles. The van der Waals surface area contributed by atoms with Crippen molar-refractivity contribution in [3.63, 3.8) is 0 Å². The van der Waals surface area contributed by atoms with Crippen LogP contribution in [0, 0.1) is 5.82 Å². The smallest absolute Gasteiger partial charge is 0.314 e. The van der Waals surface area contributed by atoms with Crippen molar-refractivity contribution in [2.45, 2.75) is 31.1 Å². The number of aryl methyl sites for hydroxylation is 1. The second-order valence-electron chi connectivity index (χ2n) is 8.86. The molecule has 1 heterocycles. The monoisotopic (exact) mass is 503 g/mol. The summed E-state index contributed by atoms with van der Waals surface area (Å²) in [5, 5.41) is 17.0. The van der Waals surface area contributed by atoms with Crippen LogP contribution in [0.1, 0.15) is 30.4 Å². The highest BCUT2D eigenvalue weighted by Crippen LogP contribution is 2.51. The largest absolute Gasteiger partial charge is 0.481 e. The van der Waals surface area contributed by atoms with E-state index >= 15 is 4.39 Å². The number of rotatable bonds is 8. The van der Waals surface area contributed by atoms with Gasteiger partial charge in [-0.3, -0.25) is 9.59 Å². The molecule has 1 amide bonds. The van der Waals surface area contributed by atoms with Gasteiger partial charge in [0.05, 0.1) is 11.6 Å². The molecule has 1 fully saturated rings. The summed E-state index contributed by atoms with van der Waals surface area (Å²) in [5.41, 5.74) is 1.10. The number of hydrogen-bond donors (Lipinski definition) is 2. The zero-order valence-electron chi connectivity index (χ0n) is 19.2. The molecule has 0 bridgehead atoms. The van der Waals surface area contributed by atoms with Crippen LogP contribution < -0.4 is 5.32 Å². The van der Waals surface area contributed by atoms with E-state index in [0.29, 0.717) is 30.4 Å². The number of aliphatic carboxylic acids is 1. The third kappa shape index (κ3) is 4.38. The normalized spacial score (nSPS) is 13.8. The number of carbonyl (C=O) groups excluding carboxylic acids is 1. The van der Waals surface area contributed by atoms with Crippen molar-refractivity contribution in [1.29, 1.82) is 0 Å². The Balaban J connectivity index is 1.56. The minimum absolute atomic E-state index is 0.0384. The molecule has 6 nitrogen and oxygen atoms in total. The van der Waals surface area contributed by atoms with Crippen LogP contribution in [0.2, 0.25) is 5.02 Å². The van der Waals surface area contributed by atoms with Crippen molar-refractivity contribution in [3.05, 3.63) is 101 Å². The van der Waals surface area contributed by atoms with Crippen molar-refractivity contribution in [1.82, 2.24) is 9.78 Å². The lowest BCUT2D eigenvalue weighted by molar-refractivity contribution is -0.140. The van der Waals surface area contributed by atoms with Crippen molar-refractivity contribution < 1.29 is 19.1 Å². The van der Waals surface area contributed by atoms with Gasteiger partial charge in [-0.05, 0) is 30.4 Å². The Morgan fingerprint density at radius 1 is 1.03 bits per heavy atom. The SMILES string of the molecule is O=C(CCc1ccccc1)Nc1c(Cl)cnn1-c1c(-c2ccccc2)ccc(C2(C(=O)O)CC2)c1F. The van der Waals surface area contributed by atoms with Crippen molar-refractivity contribution in [3.8, 4) is 16.8 Å². The molecule has 0 radical (unpaired) electrons. The molecule has 0 spiro atoms. The number of carbonyl (C=O) groups is 2. The quantitative estimate of drug-likeness (QED) is 0.308. The number of hydrogen-bond acceptors (Lipinski definition) is 3. The summed E-state index contributed by atoms with van der Waals surface area (Å²) in [6.07, 6.45) is 2.76. The highest BCUT2D eigenvalue weighted by atomic mass is 35.5. The van der Waals surface area contributed by atoms with Crippen LogP contribution in [-0.2, 0) is 21.4 Å². The van der Waals surface area contributed by atoms with E-state index in [1.807, 2.05) is 60.7 Å². The van der Waals surface area contributed by atoms with Gasteiger partial charge in [0.1, 0.15) is 10.7 Å². The topological polar surface area (TPSA) is 84.2 Å². The van der Waals surface area contributed by atoms with Crippen molar-refractivity contribution in [2.24, 2.45) is 0 Å². The number of halogens is 2. The van der Waals surface area contributed by atoms with Gasteiger partial charge in [-0.2, -0.15) is 5.10 Å². The molecule has 36 heavy (non-hydrogen) atoms. The number of nitrogens with zero attached hydrogens (tertiary/aromatic N) is 2. The first kappa shape index (κ1) is 23.8. The van der Waals surface area contributed by atoms with Gasteiger partial charge in [-0.25, -0.2) is 9.07 Å². The van der Waals surface area contributed by atoms with Crippen molar-refractivity contribution in [2.75, 3.05) is 5.32 Å². The Hall–Kier alpha value is -3.97. The summed E-state index contributed by atoms with van der Waals surface area (Å²) in [5.74, 6) is -1.93. The highest BCUT2D eigenvalue weighted by molar-refractivity contribution is 6.33. The summed E-state index contributed by atoms with van der Waals surface area (Å²) in [6.45, 7) is 0. The lowest BCUT2D eigenvalue weighted by Gasteiger charge is -2.19. The van der Waals surface area contributed by atoms with Gasteiger partial charge >= 0.3 is 5.97 Å². The van der Waals surface area contributed by atoms with E-state index in [1.165, 1.54) is 16.9 Å². The molecule has 0 atom stereocenters. The second kappa shape index (κ2) is 9.59. The molecule has 182 valence electrons. The summed E-state index contributed by atoms with van der Waals surface area (Å²) in [6, 6.07) is 22.0. The fourth-order valence-corrected chi connectivity index (χ4v) is 4.59. The maximum atomic E-state index is 16.2. The fourth-order valence-electron chi connectivity index (χ4n) is 4.42. The fraction of sp³-hybridized carbons (Fsp3) is 0.179. The van der Waals surface area contributed by atoms with Crippen LogP contribution in [-0.4, -0.2) is 26.8 Å². The average molecular weight is 504 g/mol. The molecule has 1 saturated carbocycles. The minimum atomic E-state index is -1.26. The lowest BCUT2D eigenvalue weighted by Crippen LogP contribution is -2.23. The zero-order valence-corrected chi connectivity index (χ0v) is 20.0. The van der Waals surface area contributed by atoms with Gasteiger partial charge in [0.15, 0.2) is 11.6 Å². The van der Waals surface area contributed by atoms with Crippen LogP contribution >= 0.6 is 11.6 Å². The Labute approximate surface area is 212 Å². The molecular weight excluding hydrogens is 481 g/mol. The maximum absolute atomic E-state index is 16.2. The molecule has 1 aromatic heterocycles. The number of amides is 1. The highest BCUT2D eigenvalue weighted by Gasteiger charge is 2.53. The number of nitrogens with one attached hydrogen (secondary N) is 1. The minimum Gasteiger partial charge on any atom is -0.481 e. The van der Waals surface area contributed by atoms with Gasteiger partial charge in [-0.1, -0.05) is 84.4 Å². The summed E-state index contributed by atoms with van der Waals surface area (Å²) in [7, 11) is 0. The lowest BCUT2D eigenvalue weighted by atomic mass is 9.91. The van der Waals surface area contributed by atoms with Gasteiger partial charge in [0, 0.05) is 17.5 Å². The van der Waals surface area contributed by atoms with Crippen LogP contribution in [0.25, 0.3) is 16.8 Å². The molecule has 8 heteroatoms. The molecule has 0 saturated heterocycles. The molecule has 3 aromatic carbocycles. The van der Waals surface area contributed by atoms with Gasteiger partial charge in [-0.15, -0.1) is 0 Å². The van der Waals surface area contributed by atoms with E-state index in [-0.39, 0.29) is 34.4 Å². The molecule has 5 rings (SSSR count). The Morgan fingerprint density at radius 3 is 2.33 bits per heavy atom. The second-order valence-corrected chi connectivity index (χ2v) is 9.27. The third-order valence-corrected chi connectivity index (χ3v) is 6.83. The molecule has 0 unspecified atom stereocenters. The standard InChI is InChI=1S/C28H23ClFN3O3/c29-22-17-31-33(26(22)32-23(34)14-11-18-7-3-1-4-8-18)25-20(19-9-5-2-6-10-19)12-13-21(24(25)30)28(15-16-28)27(35)36/h1-10,12-13,17H,11,14-16H2,(H,32,34)(H,35,36). The van der Waals surface area contributed by atoms with Crippen LogP contribution in [0.15, 0.2) is 79.0 Å². The third-order valence-electron chi connectivity index (χ3n) is 6.55. The van der Waals surface area contributed by atoms with Gasteiger partial charge < -0.3 is 10.4 Å². The van der Waals surface area contributed by atoms with E-state index in [2.05, 4.69) is 10.4 Å². The zero-order chi connectivity index (χ0) is 25.3. The Bertz CT molecular complexity index is 1430. The Morgan fingerprint density at radius 2 is 1.69 bits per heavy atom. The number of carboxylic acids is 1. The van der Waals surface area contributed by atoms with E-state index in [9.17, 15) is 14.7 Å². The first-order chi connectivity index (χ1) is 17.4. The number of benzene rings is 3. The number of aromatic nitrogens is 2. The number of anilines is 1. The van der Waals surface area contributed by atoms with Crippen LogP contribution in [0.3, 0.4) is 0 Å². The molecule has 1 aliphatic rings. The average Bonchev–Trinajstić information content (AvgIpc) is 3.63. The maximum Gasteiger partial charge on any atom is 0.314 e. The van der Waals surface area contributed by atoms with Gasteiger partial charge in [0.2, 0.25) is 5.91 Å². The van der Waals surface area contributed by atoms with Gasteiger partial charge in [0.25, 0.3) is 0 Å². The van der Waals surface area contributed by atoms with E-state index in [0.717, 1.165) is 5.56 Å². The predicted octanol–water partition coefficient (Wildman–Crippen LogP) is 6.02. The molecule has 2 N–H and O–H groups in total. The first-order valence-corrected chi connectivity index (χ1v) is 12.0. The van der Waals surface area contributed by atoms with Crippen LogP contribution in [0.5, 0.6) is 0 Å². The number of carboxylic acid groups (broad SMARTS) is 1. The molecule has 4 aromatic rings. The van der Waals surface area contributed by atoms with Crippen molar-refractivity contribution >= 4 is 29.3 Å². The van der Waals surface area contributed by atoms with Crippen LogP contribution in [0.4, 0.5) is 10.2 Å².